The van der Waals surface area contributed by atoms with Crippen molar-refractivity contribution in [1.29, 1.82) is 5.26 Å². The van der Waals surface area contributed by atoms with E-state index in [2.05, 4.69) is 5.32 Å². The number of carboxylic acid groups (broad SMARTS) is 1. The lowest BCUT2D eigenvalue weighted by Crippen LogP contribution is -2.44. The van der Waals surface area contributed by atoms with Gasteiger partial charge < -0.3 is 15.3 Å². The molecule has 1 aliphatic carbocycles. The summed E-state index contributed by atoms with van der Waals surface area (Å²) < 4.78 is 0. The zero-order chi connectivity index (χ0) is 16.0. The zero-order valence-electron chi connectivity index (χ0n) is 13.1. The van der Waals surface area contributed by atoms with Crippen molar-refractivity contribution in [2.45, 2.75) is 52.5 Å². The second-order valence-electron chi connectivity index (χ2n) is 6.82. The maximum Gasteiger partial charge on any atom is 0.317 e. The van der Waals surface area contributed by atoms with Gasteiger partial charge in [0.25, 0.3) is 0 Å². The van der Waals surface area contributed by atoms with Crippen molar-refractivity contribution in [3.8, 4) is 6.07 Å². The van der Waals surface area contributed by atoms with Crippen LogP contribution >= 0.6 is 0 Å². The zero-order valence-corrected chi connectivity index (χ0v) is 13.1. The first-order valence-corrected chi connectivity index (χ1v) is 7.39. The van der Waals surface area contributed by atoms with Crippen LogP contribution in [0, 0.1) is 22.7 Å². The van der Waals surface area contributed by atoms with Crippen LogP contribution in [0.25, 0.3) is 0 Å². The molecular weight excluding hydrogens is 270 g/mol. The summed E-state index contributed by atoms with van der Waals surface area (Å²) in [5.74, 6) is -1.48. The highest BCUT2D eigenvalue weighted by atomic mass is 16.4. The molecule has 1 atom stereocenters. The Hall–Kier alpha value is -1.77. The summed E-state index contributed by atoms with van der Waals surface area (Å²) in [4.78, 5) is 25.1. The van der Waals surface area contributed by atoms with Gasteiger partial charge in [-0.25, -0.2) is 4.79 Å². The molecule has 2 N–H and O–H groups in total. The third-order valence-electron chi connectivity index (χ3n) is 3.42. The molecule has 2 amide bonds. The number of carboxylic acids is 1. The van der Waals surface area contributed by atoms with Crippen molar-refractivity contribution < 1.29 is 14.7 Å². The van der Waals surface area contributed by atoms with E-state index in [1.54, 1.807) is 4.90 Å². The number of nitrogens with one attached hydrogen (secondary N) is 1. The van der Waals surface area contributed by atoms with E-state index in [4.69, 9.17) is 5.26 Å². The van der Waals surface area contributed by atoms with Gasteiger partial charge in [-0.1, -0.05) is 20.8 Å². The fraction of sp³-hybridized carbons (Fsp3) is 0.800. The quantitative estimate of drug-likeness (QED) is 0.753. The molecule has 1 unspecified atom stereocenters. The molecule has 0 aromatic rings. The van der Waals surface area contributed by atoms with Gasteiger partial charge in [-0.15, -0.1) is 0 Å². The van der Waals surface area contributed by atoms with E-state index >= 15 is 0 Å². The van der Waals surface area contributed by atoms with Crippen LogP contribution in [-0.2, 0) is 4.79 Å². The summed E-state index contributed by atoms with van der Waals surface area (Å²) in [5, 5.41) is 20.6. The average molecular weight is 295 g/mol. The van der Waals surface area contributed by atoms with Crippen LogP contribution in [0.4, 0.5) is 4.79 Å². The van der Waals surface area contributed by atoms with Crippen LogP contribution in [0.2, 0.25) is 0 Å². The first kappa shape index (κ1) is 17.3. The van der Waals surface area contributed by atoms with E-state index in [1.807, 2.05) is 26.8 Å². The average Bonchev–Trinajstić information content (AvgIpc) is 3.17. The molecule has 0 saturated heterocycles. The Balaban J connectivity index is 2.51. The van der Waals surface area contributed by atoms with Crippen LogP contribution in [0.1, 0.15) is 46.5 Å². The van der Waals surface area contributed by atoms with Gasteiger partial charge in [-0.2, -0.15) is 5.26 Å². The molecule has 0 bridgehead atoms. The number of nitriles is 1. The van der Waals surface area contributed by atoms with Crippen LogP contribution in [0.5, 0.6) is 0 Å². The maximum absolute atomic E-state index is 12.1. The van der Waals surface area contributed by atoms with Crippen molar-refractivity contribution in [3.05, 3.63) is 0 Å². The molecule has 0 radical (unpaired) electrons. The number of carbonyl (C=O) groups is 2. The minimum Gasteiger partial charge on any atom is -0.481 e. The molecule has 6 nitrogen and oxygen atoms in total. The Morgan fingerprint density at radius 3 is 2.48 bits per heavy atom. The van der Waals surface area contributed by atoms with Gasteiger partial charge in [0.15, 0.2) is 0 Å². The minimum absolute atomic E-state index is 0.106. The van der Waals surface area contributed by atoms with Gasteiger partial charge >= 0.3 is 12.0 Å². The Bertz CT molecular complexity index is 419. The number of urea groups is 1. The van der Waals surface area contributed by atoms with Gasteiger partial charge in [0.05, 0.1) is 18.4 Å². The van der Waals surface area contributed by atoms with Gasteiger partial charge in [0.1, 0.15) is 0 Å². The minimum atomic E-state index is -0.889. The Labute approximate surface area is 126 Å². The van der Waals surface area contributed by atoms with Gasteiger partial charge in [0.2, 0.25) is 0 Å². The van der Waals surface area contributed by atoms with E-state index in [-0.39, 0.29) is 24.0 Å². The maximum atomic E-state index is 12.1. The van der Waals surface area contributed by atoms with Crippen molar-refractivity contribution >= 4 is 12.0 Å². The molecule has 1 saturated carbocycles. The molecule has 1 aliphatic rings. The van der Waals surface area contributed by atoms with Crippen molar-refractivity contribution in [3.63, 3.8) is 0 Å². The normalized spacial score (nSPS) is 15.9. The molecule has 1 rings (SSSR count). The molecule has 21 heavy (non-hydrogen) atoms. The number of rotatable bonds is 7. The van der Waals surface area contributed by atoms with E-state index in [1.165, 1.54) is 0 Å². The first-order chi connectivity index (χ1) is 9.74. The molecule has 0 heterocycles. The molecule has 0 aliphatic heterocycles. The lowest BCUT2D eigenvalue weighted by atomic mass is 9.84. The Morgan fingerprint density at radius 1 is 1.43 bits per heavy atom. The molecule has 6 heteroatoms. The summed E-state index contributed by atoms with van der Waals surface area (Å²) >= 11 is 0. The van der Waals surface area contributed by atoms with Crippen molar-refractivity contribution in [2.24, 2.45) is 11.3 Å². The van der Waals surface area contributed by atoms with Crippen molar-refractivity contribution in [2.75, 3.05) is 13.1 Å². The number of hydrogen-bond donors (Lipinski definition) is 2. The highest BCUT2D eigenvalue weighted by Gasteiger charge is 2.33. The largest absolute Gasteiger partial charge is 0.481 e. The molecule has 1 fully saturated rings. The molecule has 0 aromatic heterocycles. The molecule has 118 valence electrons. The summed E-state index contributed by atoms with van der Waals surface area (Å²) in [6, 6.07) is 1.99. The topological polar surface area (TPSA) is 93.4 Å². The first-order valence-electron chi connectivity index (χ1n) is 7.39. The monoisotopic (exact) mass is 295 g/mol. The Kier molecular flexibility index (Phi) is 6.01. The SMILES string of the molecule is CC(C)(C)CC(CNC(=O)N(CCC#N)C1CC1)C(=O)O. The van der Waals surface area contributed by atoms with E-state index in [0.29, 0.717) is 19.4 Å². The number of amides is 2. The van der Waals surface area contributed by atoms with Gasteiger partial charge in [-0.05, 0) is 24.7 Å². The highest BCUT2D eigenvalue weighted by molar-refractivity contribution is 5.76. The highest BCUT2D eigenvalue weighted by Crippen LogP contribution is 2.27. The molecule has 0 aromatic carbocycles. The standard InChI is InChI=1S/C15H25N3O3/c1-15(2,3)9-11(13(19)20)10-17-14(21)18(8-4-7-16)12-5-6-12/h11-12H,4-6,8-10H2,1-3H3,(H,17,21)(H,19,20). The number of hydrogen-bond acceptors (Lipinski definition) is 3. The third-order valence-corrected chi connectivity index (χ3v) is 3.42. The predicted octanol–water partition coefficient (Wildman–Crippen LogP) is 2.21. The molecule has 0 spiro atoms. The van der Waals surface area contributed by atoms with Crippen LogP contribution < -0.4 is 5.32 Å². The van der Waals surface area contributed by atoms with Crippen LogP contribution in [-0.4, -0.2) is 41.1 Å². The van der Waals surface area contributed by atoms with Crippen LogP contribution in [0.3, 0.4) is 0 Å². The summed E-state index contributed by atoms with van der Waals surface area (Å²) in [6.45, 7) is 6.47. The third kappa shape index (κ3) is 6.48. The van der Waals surface area contributed by atoms with Gasteiger partial charge in [-0.3, -0.25) is 4.79 Å². The Morgan fingerprint density at radius 2 is 2.05 bits per heavy atom. The van der Waals surface area contributed by atoms with Crippen molar-refractivity contribution in [1.82, 2.24) is 10.2 Å². The fourth-order valence-corrected chi connectivity index (χ4v) is 2.30. The number of nitrogens with zero attached hydrogens (tertiary/aromatic N) is 2. The second-order valence-corrected chi connectivity index (χ2v) is 6.82. The second kappa shape index (κ2) is 7.30. The summed E-state index contributed by atoms with van der Waals surface area (Å²) in [5.41, 5.74) is -0.106. The fourth-order valence-electron chi connectivity index (χ4n) is 2.30. The van der Waals surface area contributed by atoms with E-state index < -0.39 is 11.9 Å². The lowest BCUT2D eigenvalue weighted by Gasteiger charge is -2.26. The number of carbonyl (C=O) groups excluding carboxylic acids is 1. The molecular formula is C15H25N3O3. The predicted molar refractivity (Wildman–Crippen MR) is 78.6 cm³/mol. The van der Waals surface area contributed by atoms with E-state index in [9.17, 15) is 14.7 Å². The van der Waals surface area contributed by atoms with Crippen LogP contribution in [0.15, 0.2) is 0 Å². The summed E-state index contributed by atoms with van der Waals surface area (Å²) in [6.07, 6.45) is 2.73. The lowest BCUT2D eigenvalue weighted by molar-refractivity contribution is -0.142. The summed E-state index contributed by atoms with van der Waals surface area (Å²) in [7, 11) is 0. The van der Waals surface area contributed by atoms with Gasteiger partial charge in [0, 0.05) is 19.1 Å². The smallest absolute Gasteiger partial charge is 0.317 e. The number of aliphatic carboxylic acids is 1. The van der Waals surface area contributed by atoms with E-state index in [0.717, 1.165) is 12.8 Å².